The van der Waals surface area contributed by atoms with Crippen molar-refractivity contribution in [2.24, 2.45) is 0 Å². The van der Waals surface area contributed by atoms with E-state index in [1.807, 2.05) is 22.7 Å². The second-order valence-corrected chi connectivity index (χ2v) is 13.7. The summed E-state index contributed by atoms with van der Waals surface area (Å²) >= 11 is 3.75. The van der Waals surface area contributed by atoms with Gasteiger partial charge in [0.05, 0.1) is 22.4 Å². The van der Waals surface area contributed by atoms with Gasteiger partial charge < -0.3 is 4.57 Å². The van der Waals surface area contributed by atoms with E-state index in [0.717, 1.165) is 28.2 Å². The quantitative estimate of drug-likeness (QED) is 0.195. The lowest BCUT2D eigenvalue weighted by molar-refractivity contribution is 1.18. The van der Waals surface area contributed by atoms with Crippen LogP contribution in [0.15, 0.2) is 146 Å². The summed E-state index contributed by atoms with van der Waals surface area (Å²) < 4.78 is 7.60. The van der Waals surface area contributed by atoms with Gasteiger partial charge in [0, 0.05) is 67.9 Å². The van der Waals surface area contributed by atoms with E-state index in [-0.39, 0.29) is 0 Å². The fraction of sp³-hybridized carbons (Fsp3) is 0. The maximum atomic E-state index is 5.43. The van der Waals surface area contributed by atoms with Gasteiger partial charge in [0.2, 0.25) is 0 Å². The predicted octanol–water partition coefficient (Wildman–Crippen LogP) is 12.2. The first-order valence-corrected chi connectivity index (χ1v) is 16.8. The molecule has 10 aromatic rings. The van der Waals surface area contributed by atoms with Crippen LogP contribution in [0.5, 0.6) is 0 Å². The monoisotopic (exact) mass is 608 g/mol. The van der Waals surface area contributed by atoms with Crippen LogP contribution in [-0.4, -0.2) is 9.55 Å². The summed E-state index contributed by atoms with van der Waals surface area (Å²) in [7, 11) is 0. The molecule has 0 atom stereocenters. The minimum atomic E-state index is 0.999. The van der Waals surface area contributed by atoms with Crippen LogP contribution in [-0.2, 0) is 0 Å². The summed E-state index contributed by atoms with van der Waals surface area (Å²) in [6, 6.07) is 52.7. The molecule has 2 nitrogen and oxygen atoms in total. The Kier molecular flexibility index (Phi) is 5.35. The largest absolute Gasteiger partial charge is 0.309 e. The molecule has 0 aliphatic carbocycles. The number of pyridine rings is 1. The molecule has 0 aliphatic heterocycles. The molecule has 0 fully saturated rings. The zero-order valence-corrected chi connectivity index (χ0v) is 25.7. The number of nitrogens with zero attached hydrogens (tertiary/aromatic N) is 2. The summed E-state index contributed by atoms with van der Waals surface area (Å²) in [6.45, 7) is 0. The van der Waals surface area contributed by atoms with Gasteiger partial charge in [-0.15, -0.1) is 22.7 Å². The average Bonchev–Trinajstić information content (AvgIpc) is 3.76. The zero-order chi connectivity index (χ0) is 29.5. The fourth-order valence-corrected chi connectivity index (χ4v) is 9.26. The maximum absolute atomic E-state index is 5.43. The SMILES string of the molecule is c1ccc(-c2cc3sc4cc5c(cc4c3c(-c3cccc(-n4c6ccccc6c6ccccc64)c3)n2)sc2ccccc25)cc1. The lowest BCUT2D eigenvalue weighted by atomic mass is 10.0. The van der Waals surface area contributed by atoms with Gasteiger partial charge in [-0.1, -0.05) is 97.1 Å². The van der Waals surface area contributed by atoms with Gasteiger partial charge in [0.25, 0.3) is 0 Å². The van der Waals surface area contributed by atoms with Crippen LogP contribution in [0.1, 0.15) is 0 Å². The van der Waals surface area contributed by atoms with Crippen LogP contribution >= 0.6 is 22.7 Å². The van der Waals surface area contributed by atoms with Crippen molar-refractivity contribution in [1.82, 2.24) is 9.55 Å². The third kappa shape index (κ3) is 3.77. The zero-order valence-electron chi connectivity index (χ0n) is 24.1. The molecule has 0 aliphatic rings. The summed E-state index contributed by atoms with van der Waals surface area (Å²) in [4.78, 5) is 5.43. The van der Waals surface area contributed by atoms with Crippen LogP contribution in [0.25, 0.3) is 90.4 Å². The van der Waals surface area contributed by atoms with Crippen LogP contribution in [0, 0.1) is 0 Å². The number of para-hydroxylation sites is 2. The summed E-state index contributed by atoms with van der Waals surface area (Å²) in [5.74, 6) is 0. The standard InChI is InChI=1S/C41H24N2S2/c1-2-11-25(12-3-1)33-24-39-40(32-23-37-31(22-38(32)45-39)30-17-6-9-20-36(30)44-37)41(42-33)26-13-10-14-27(21-26)43-34-18-7-4-15-28(34)29-16-5-8-19-35(29)43/h1-24H. The molecule has 6 aromatic carbocycles. The van der Waals surface area contributed by atoms with Gasteiger partial charge in [-0.3, -0.25) is 0 Å². The van der Waals surface area contributed by atoms with Crippen molar-refractivity contribution in [1.29, 1.82) is 0 Å². The molecule has 0 spiro atoms. The van der Waals surface area contributed by atoms with Gasteiger partial charge >= 0.3 is 0 Å². The normalized spacial score (nSPS) is 12.0. The summed E-state index contributed by atoms with van der Waals surface area (Å²) in [5.41, 5.74) is 7.83. The number of benzene rings is 6. The first kappa shape index (κ1) is 25.1. The van der Waals surface area contributed by atoms with E-state index >= 15 is 0 Å². The smallest absolute Gasteiger partial charge is 0.0803 e. The predicted molar refractivity (Wildman–Crippen MR) is 195 cm³/mol. The Morgan fingerprint density at radius 1 is 0.422 bits per heavy atom. The first-order valence-electron chi connectivity index (χ1n) is 15.1. The number of thiophene rings is 2. The van der Waals surface area contributed by atoms with E-state index in [4.69, 9.17) is 4.98 Å². The number of fused-ring (bicyclic) bond motifs is 9. The van der Waals surface area contributed by atoms with E-state index < -0.39 is 0 Å². The van der Waals surface area contributed by atoms with Crippen LogP contribution in [0.2, 0.25) is 0 Å². The molecule has 0 unspecified atom stereocenters. The van der Waals surface area contributed by atoms with Crippen molar-refractivity contribution >= 4 is 84.8 Å². The van der Waals surface area contributed by atoms with E-state index in [0.29, 0.717) is 0 Å². The number of rotatable bonds is 3. The van der Waals surface area contributed by atoms with Crippen molar-refractivity contribution in [3.05, 3.63) is 146 Å². The minimum absolute atomic E-state index is 0.999. The Balaban J connectivity index is 1.27. The molecule has 4 aromatic heterocycles. The Bertz CT molecular complexity index is 2710. The molecule has 0 radical (unpaired) electrons. The van der Waals surface area contributed by atoms with E-state index in [1.165, 1.54) is 62.2 Å². The highest BCUT2D eigenvalue weighted by Crippen LogP contribution is 2.45. The molecular formula is C41H24N2S2. The van der Waals surface area contributed by atoms with Crippen molar-refractivity contribution in [2.75, 3.05) is 0 Å². The molecule has 10 rings (SSSR count). The van der Waals surface area contributed by atoms with Crippen LogP contribution in [0.4, 0.5) is 0 Å². The van der Waals surface area contributed by atoms with Gasteiger partial charge in [-0.25, -0.2) is 4.98 Å². The molecule has 0 amide bonds. The number of aromatic nitrogens is 2. The summed E-state index contributed by atoms with van der Waals surface area (Å²) in [6.07, 6.45) is 0. The molecule has 0 saturated carbocycles. The Hall–Kier alpha value is -5.29. The molecule has 0 bridgehead atoms. The lowest BCUT2D eigenvalue weighted by Crippen LogP contribution is -1.95. The van der Waals surface area contributed by atoms with Crippen LogP contribution < -0.4 is 0 Å². The highest BCUT2D eigenvalue weighted by Gasteiger charge is 2.19. The molecule has 4 heterocycles. The highest BCUT2D eigenvalue weighted by atomic mass is 32.1. The maximum Gasteiger partial charge on any atom is 0.0803 e. The van der Waals surface area contributed by atoms with Gasteiger partial charge in [0.1, 0.15) is 0 Å². The third-order valence-electron chi connectivity index (χ3n) is 8.98. The molecule has 210 valence electrons. The average molecular weight is 609 g/mol. The van der Waals surface area contributed by atoms with Crippen molar-refractivity contribution in [3.63, 3.8) is 0 Å². The molecule has 0 N–H and O–H groups in total. The van der Waals surface area contributed by atoms with Crippen molar-refractivity contribution in [2.45, 2.75) is 0 Å². The molecule has 45 heavy (non-hydrogen) atoms. The second kappa shape index (κ2) is 9.60. The van der Waals surface area contributed by atoms with Crippen molar-refractivity contribution < 1.29 is 0 Å². The number of hydrogen-bond donors (Lipinski definition) is 0. The van der Waals surface area contributed by atoms with Gasteiger partial charge in [-0.2, -0.15) is 0 Å². The van der Waals surface area contributed by atoms with E-state index in [1.54, 1.807) is 0 Å². The first-order chi connectivity index (χ1) is 22.3. The summed E-state index contributed by atoms with van der Waals surface area (Å²) in [5, 5.41) is 7.70. The molecular weight excluding hydrogens is 585 g/mol. The Labute approximate surface area is 267 Å². The molecule has 0 saturated heterocycles. The molecule has 4 heteroatoms. The van der Waals surface area contributed by atoms with E-state index in [9.17, 15) is 0 Å². The van der Waals surface area contributed by atoms with Crippen molar-refractivity contribution in [3.8, 4) is 28.2 Å². The lowest BCUT2D eigenvalue weighted by Gasteiger charge is -2.12. The second-order valence-electron chi connectivity index (χ2n) is 11.6. The topological polar surface area (TPSA) is 17.8 Å². The van der Waals surface area contributed by atoms with Gasteiger partial charge in [0.15, 0.2) is 0 Å². The van der Waals surface area contributed by atoms with Gasteiger partial charge in [-0.05, 0) is 48.5 Å². The third-order valence-corrected chi connectivity index (χ3v) is 11.2. The Morgan fingerprint density at radius 3 is 1.84 bits per heavy atom. The van der Waals surface area contributed by atoms with Crippen LogP contribution in [0.3, 0.4) is 0 Å². The Morgan fingerprint density at radius 2 is 1.04 bits per heavy atom. The number of hydrogen-bond acceptors (Lipinski definition) is 3. The van der Waals surface area contributed by atoms with E-state index in [2.05, 4.69) is 150 Å². The fourth-order valence-electron chi connectivity index (χ4n) is 6.97. The minimum Gasteiger partial charge on any atom is -0.309 e. The highest BCUT2D eigenvalue weighted by molar-refractivity contribution is 7.27.